The highest BCUT2D eigenvalue weighted by Gasteiger charge is 2.29. The molecular formula is C23H25N3O3. The lowest BCUT2D eigenvalue weighted by Gasteiger charge is -2.25. The molecule has 1 atom stereocenters. The van der Waals surface area contributed by atoms with Crippen molar-refractivity contribution >= 4 is 5.91 Å². The first-order chi connectivity index (χ1) is 14.1. The zero-order valence-electron chi connectivity index (χ0n) is 16.8. The van der Waals surface area contributed by atoms with Crippen molar-refractivity contribution in [3.8, 4) is 17.1 Å². The third-order valence-electron chi connectivity index (χ3n) is 5.40. The molecule has 1 saturated heterocycles. The van der Waals surface area contributed by atoms with Crippen molar-refractivity contribution in [1.82, 2.24) is 15.0 Å². The van der Waals surface area contributed by atoms with Crippen molar-refractivity contribution in [2.45, 2.75) is 38.6 Å². The van der Waals surface area contributed by atoms with Gasteiger partial charge in [-0.05, 0) is 49.6 Å². The molecule has 0 saturated carbocycles. The Balaban J connectivity index is 1.38. The molecule has 0 radical (unpaired) electrons. The maximum atomic E-state index is 12.8. The molecule has 0 spiro atoms. The Hall–Kier alpha value is -3.15. The second kappa shape index (κ2) is 8.47. The van der Waals surface area contributed by atoms with E-state index < -0.39 is 0 Å². The Morgan fingerprint density at radius 2 is 1.93 bits per heavy atom. The molecule has 2 heterocycles. The second-order valence-corrected chi connectivity index (χ2v) is 7.40. The Morgan fingerprint density at radius 3 is 2.66 bits per heavy atom. The summed E-state index contributed by atoms with van der Waals surface area (Å²) in [7, 11) is 1.63. The maximum absolute atomic E-state index is 12.8. The van der Waals surface area contributed by atoms with Gasteiger partial charge in [0, 0.05) is 24.9 Å². The molecule has 3 aromatic rings. The molecule has 0 aliphatic carbocycles. The molecule has 1 aromatic heterocycles. The third kappa shape index (κ3) is 4.31. The predicted octanol–water partition coefficient (Wildman–Crippen LogP) is 4.35. The van der Waals surface area contributed by atoms with Crippen molar-refractivity contribution in [3.05, 3.63) is 65.5 Å². The quantitative estimate of drug-likeness (QED) is 0.625. The summed E-state index contributed by atoms with van der Waals surface area (Å²) in [6, 6.07) is 16.1. The highest BCUT2D eigenvalue weighted by Crippen LogP contribution is 2.32. The number of ether oxygens (including phenoxy) is 1. The zero-order valence-corrected chi connectivity index (χ0v) is 16.8. The van der Waals surface area contributed by atoms with Gasteiger partial charge in [-0.25, -0.2) is 0 Å². The molecular weight excluding hydrogens is 366 g/mol. The molecule has 1 aliphatic heterocycles. The van der Waals surface area contributed by atoms with Gasteiger partial charge in [-0.15, -0.1) is 0 Å². The van der Waals surface area contributed by atoms with Gasteiger partial charge in [-0.2, -0.15) is 4.98 Å². The van der Waals surface area contributed by atoms with Crippen molar-refractivity contribution in [1.29, 1.82) is 0 Å². The lowest BCUT2D eigenvalue weighted by Crippen LogP contribution is -2.30. The smallest absolute Gasteiger partial charge is 0.227 e. The summed E-state index contributed by atoms with van der Waals surface area (Å²) in [5.74, 6) is 1.91. The second-order valence-electron chi connectivity index (χ2n) is 7.40. The van der Waals surface area contributed by atoms with E-state index in [1.54, 1.807) is 7.11 Å². The topological polar surface area (TPSA) is 68.5 Å². The fraction of sp³-hybridized carbons (Fsp3) is 0.348. The monoisotopic (exact) mass is 391 g/mol. The number of hydrogen-bond acceptors (Lipinski definition) is 5. The summed E-state index contributed by atoms with van der Waals surface area (Å²) in [4.78, 5) is 19.3. The predicted molar refractivity (Wildman–Crippen MR) is 109 cm³/mol. The van der Waals surface area contributed by atoms with Crippen LogP contribution in [0.25, 0.3) is 11.4 Å². The summed E-state index contributed by atoms with van der Waals surface area (Å²) in [5, 5.41) is 4.04. The molecule has 6 nitrogen and oxygen atoms in total. The molecule has 4 rings (SSSR count). The van der Waals surface area contributed by atoms with Crippen LogP contribution in [-0.4, -0.2) is 34.6 Å². The van der Waals surface area contributed by atoms with Gasteiger partial charge in [0.15, 0.2) is 0 Å². The van der Waals surface area contributed by atoms with Crippen molar-refractivity contribution in [3.63, 3.8) is 0 Å². The van der Waals surface area contributed by atoms with E-state index in [4.69, 9.17) is 9.26 Å². The highest BCUT2D eigenvalue weighted by molar-refractivity contribution is 5.77. The van der Waals surface area contributed by atoms with Crippen LogP contribution in [0.3, 0.4) is 0 Å². The van der Waals surface area contributed by atoms with E-state index in [-0.39, 0.29) is 11.9 Å². The number of nitrogens with zero attached hydrogens (tertiary/aromatic N) is 3. The van der Waals surface area contributed by atoms with Crippen LogP contribution in [0.1, 0.15) is 42.3 Å². The van der Waals surface area contributed by atoms with Crippen LogP contribution < -0.4 is 4.74 Å². The molecule has 0 bridgehead atoms. The molecule has 1 aliphatic rings. The van der Waals surface area contributed by atoms with Gasteiger partial charge in [-0.1, -0.05) is 35.0 Å². The number of benzene rings is 2. The minimum Gasteiger partial charge on any atom is -0.497 e. The average molecular weight is 391 g/mol. The van der Waals surface area contributed by atoms with Gasteiger partial charge in [-0.3, -0.25) is 4.79 Å². The number of hydrogen-bond donors (Lipinski definition) is 0. The number of likely N-dealkylation sites (tertiary alicyclic amines) is 1. The van der Waals surface area contributed by atoms with E-state index in [2.05, 4.69) is 41.3 Å². The SMILES string of the molecule is COc1ccc(-c2noc(CCC(=O)N3CCCC3c3ccc(C)cc3)n2)cc1. The Labute approximate surface area is 170 Å². The van der Waals surface area contributed by atoms with Gasteiger partial charge in [0.2, 0.25) is 17.6 Å². The minimum atomic E-state index is 0.136. The van der Waals surface area contributed by atoms with Crippen LogP contribution in [0.4, 0.5) is 0 Å². The largest absolute Gasteiger partial charge is 0.497 e. The minimum absolute atomic E-state index is 0.136. The Bertz CT molecular complexity index is 964. The number of carbonyl (C=O) groups is 1. The molecule has 6 heteroatoms. The lowest BCUT2D eigenvalue weighted by molar-refractivity contribution is -0.132. The lowest BCUT2D eigenvalue weighted by atomic mass is 10.0. The molecule has 0 N–H and O–H groups in total. The number of methoxy groups -OCH3 is 1. The van der Waals surface area contributed by atoms with Gasteiger partial charge in [0.1, 0.15) is 5.75 Å². The van der Waals surface area contributed by atoms with Crippen molar-refractivity contribution < 1.29 is 14.1 Å². The van der Waals surface area contributed by atoms with Crippen LogP contribution in [0.2, 0.25) is 0 Å². The van der Waals surface area contributed by atoms with Crippen LogP contribution in [0, 0.1) is 6.92 Å². The van der Waals surface area contributed by atoms with E-state index in [0.29, 0.717) is 24.6 Å². The molecule has 1 fully saturated rings. The average Bonchev–Trinajstić information content (AvgIpc) is 3.43. The molecule has 2 aromatic carbocycles. The van der Waals surface area contributed by atoms with Gasteiger partial charge in [0.25, 0.3) is 0 Å². The highest BCUT2D eigenvalue weighted by atomic mass is 16.5. The number of rotatable bonds is 6. The number of carbonyl (C=O) groups excluding carboxylic acids is 1. The fourth-order valence-corrected chi connectivity index (χ4v) is 3.77. The van der Waals surface area contributed by atoms with Crippen LogP contribution >= 0.6 is 0 Å². The van der Waals surface area contributed by atoms with Crippen molar-refractivity contribution in [2.24, 2.45) is 0 Å². The van der Waals surface area contributed by atoms with Crippen LogP contribution in [-0.2, 0) is 11.2 Å². The molecule has 1 amide bonds. The number of aromatic nitrogens is 2. The Morgan fingerprint density at radius 1 is 1.17 bits per heavy atom. The number of amides is 1. The summed E-state index contributed by atoms with van der Waals surface area (Å²) in [6.07, 6.45) is 2.86. The summed E-state index contributed by atoms with van der Waals surface area (Å²) in [5.41, 5.74) is 3.29. The van der Waals surface area contributed by atoms with E-state index in [9.17, 15) is 4.79 Å². The van der Waals surface area contributed by atoms with Crippen LogP contribution in [0.5, 0.6) is 5.75 Å². The van der Waals surface area contributed by atoms with E-state index in [1.165, 1.54) is 11.1 Å². The van der Waals surface area contributed by atoms with Gasteiger partial charge >= 0.3 is 0 Å². The standard InChI is InChI=1S/C23H25N3O3/c1-16-5-7-17(8-6-16)20-4-3-15-26(20)22(27)14-13-21-24-23(25-29-21)18-9-11-19(28-2)12-10-18/h5-12,20H,3-4,13-15H2,1-2H3. The van der Waals surface area contributed by atoms with E-state index >= 15 is 0 Å². The van der Waals surface area contributed by atoms with Crippen LogP contribution in [0.15, 0.2) is 53.1 Å². The van der Waals surface area contributed by atoms with Gasteiger partial charge < -0.3 is 14.2 Å². The maximum Gasteiger partial charge on any atom is 0.227 e. The van der Waals surface area contributed by atoms with E-state index in [0.717, 1.165) is 30.7 Å². The summed E-state index contributed by atoms with van der Waals surface area (Å²) >= 11 is 0. The summed E-state index contributed by atoms with van der Waals surface area (Å²) in [6.45, 7) is 2.88. The summed E-state index contributed by atoms with van der Waals surface area (Å²) < 4.78 is 10.5. The first kappa shape index (κ1) is 19.2. The molecule has 1 unspecified atom stereocenters. The zero-order chi connectivity index (χ0) is 20.2. The third-order valence-corrected chi connectivity index (χ3v) is 5.40. The Kier molecular flexibility index (Phi) is 5.60. The van der Waals surface area contributed by atoms with E-state index in [1.807, 2.05) is 29.2 Å². The van der Waals surface area contributed by atoms with Gasteiger partial charge in [0.05, 0.1) is 13.2 Å². The first-order valence-corrected chi connectivity index (χ1v) is 9.97. The van der Waals surface area contributed by atoms with Crippen molar-refractivity contribution in [2.75, 3.05) is 13.7 Å². The fourth-order valence-electron chi connectivity index (χ4n) is 3.77. The molecule has 150 valence electrons. The molecule has 29 heavy (non-hydrogen) atoms. The number of aryl methyl sites for hydroxylation is 2. The first-order valence-electron chi connectivity index (χ1n) is 9.97. The normalized spacial score (nSPS) is 16.2.